The normalized spacial score (nSPS) is 10.9. The van der Waals surface area contributed by atoms with Crippen molar-refractivity contribution in [2.24, 2.45) is 0 Å². The predicted octanol–water partition coefficient (Wildman–Crippen LogP) is 3.47. The number of nitrogens with zero attached hydrogens (tertiary/aromatic N) is 3. The summed E-state index contributed by atoms with van der Waals surface area (Å²) in [6.45, 7) is 6.58. The van der Waals surface area contributed by atoms with Crippen molar-refractivity contribution in [3.8, 4) is 6.07 Å². The van der Waals surface area contributed by atoms with Crippen LogP contribution in [0.3, 0.4) is 0 Å². The maximum atomic E-state index is 9.35. The molecule has 1 aromatic carbocycles. The van der Waals surface area contributed by atoms with Gasteiger partial charge in [-0.05, 0) is 44.0 Å². The summed E-state index contributed by atoms with van der Waals surface area (Å²) in [5.41, 5.74) is 4.99. The van der Waals surface area contributed by atoms with Gasteiger partial charge >= 0.3 is 0 Å². The van der Waals surface area contributed by atoms with Gasteiger partial charge in [0.05, 0.1) is 12.2 Å². The van der Waals surface area contributed by atoms with Crippen molar-refractivity contribution in [1.29, 1.82) is 5.26 Å². The van der Waals surface area contributed by atoms with Gasteiger partial charge in [-0.2, -0.15) is 5.26 Å². The molecule has 0 N–H and O–H groups in total. The van der Waals surface area contributed by atoms with Crippen LogP contribution < -0.4 is 0 Å². The third-order valence-corrected chi connectivity index (χ3v) is 3.73. The summed E-state index contributed by atoms with van der Waals surface area (Å²) >= 11 is 0. The zero-order chi connectivity index (χ0) is 14.3. The van der Waals surface area contributed by atoms with Gasteiger partial charge in [-0.1, -0.05) is 11.2 Å². The Labute approximate surface area is 117 Å². The van der Waals surface area contributed by atoms with Gasteiger partial charge in [-0.3, -0.25) is 0 Å². The Balaban J connectivity index is 2.19. The summed E-state index contributed by atoms with van der Waals surface area (Å²) in [5, 5.41) is 14.4. The van der Waals surface area contributed by atoms with Crippen molar-refractivity contribution in [2.75, 3.05) is 0 Å². The summed E-state index contributed by atoms with van der Waals surface area (Å²) in [6.07, 6.45) is 0. The first-order valence-electron chi connectivity index (χ1n) is 6.52. The fraction of sp³-hybridized carbons (Fsp3) is 0.250. The van der Waals surface area contributed by atoms with Crippen LogP contribution in [0.15, 0.2) is 28.8 Å². The Hall–Kier alpha value is -2.54. The van der Waals surface area contributed by atoms with Crippen LogP contribution in [0.25, 0.3) is 10.9 Å². The highest BCUT2D eigenvalue weighted by Crippen LogP contribution is 2.26. The molecule has 0 aliphatic rings. The van der Waals surface area contributed by atoms with Crippen LogP contribution in [-0.4, -0.2) is 9.72 Å². The maximum absolute atomic E-state index is 9.35. The molecule has 3 rings (SSSR count). The molecule has 20 heavy (non-hydrogen) atoms. The minimum Gasteiger partial charge on any atom is -0.359 e. The van der Waals surface area contributed by atoms with Gasteiger partial charge in [0.1, 0.15) is 11.8 Å². The second-order valence-corrected chi connectivity index (χ2v) is 5.10. The van der Waals surface area contributed by atoms with Crippen molar-refractivity contribution < 1.29 is 4.52 Å². The van der Waals surface area contributed by atoms with Crippen LogP contribution in [-0.2, 0) is 6.54 Å². The average molecular weight is 265 g/mol. The van der Waals surface area contributed by atoms with E-state index in [-0.39, 0.29) is 0 Å². The molecule has 0 bridgehead atoms. The van der Waals surface area contributed by atoms with Crippen molar-refractivity contribution in [3.05, 3.63) is 52.5 Å². The van der Waals surface area contributed by atoms with E-state index in [1.165, 1.54) is 11.1 Å². The third-order valence-electron chi connectivity index (χ3n) is 3.73. The van der Waals surface area contributed by atoms with Crippen LogP contribution in [0, 0.1) is 32.1 Å². The smallest absolute Gasteiger partial charge is 0.156 e. The van der Waals surface area contributed by atoms with E-state index in [1.54, 1.807) is 0 Å². The molecule has 0 radical (unpaired) electrons. The van der Waals surface area contributed by atoms with Crippen LogP contribution >= 0.6 is 0 Å². The Morgan fingerprint density at radius 2 is 2.05 bits per heavy atom. The van der Waals surface area contributed by atoms with Gasteiger partial charge in [-0.15, -0.1) is 0 Å². The van der Waals surface area contributed by atoms with Gasteiger partial charge in [0.25, 0.3) is 0 Å². The van der Waals surface area contributed by atoms with E-state index in [0.717, 1.165) is 22.4 Å². The second kappa shape index (κ2) is 4.53. The quantitative estimate of drug-likeness (QED) is 0.712. The number of aryl methyl sites for hydroxylation is 3. The molecule has 4 nitrogen and oxygen atoms in total. The lowest BCUT2D eigenvalue weighted by Crippen LogP contribution is -2.01. The molecular formula is C16H15N3O. The summed E-state index contributed by atoms with van der Waals surface area (Å²) in [4.78, 5) is 0. The van der Waals surface area contributed by atoms with Crippen LogP contribution in [0.2, 0.25) is 0 Å². The van der Waals surface area contributed by atoms with E-state index >= 15 is 0 Å². The molecule has 0 amide bonds. The zero-order valence-electron chi connectivity index (χ0n) is 11.8. The van der Waals surface area contributed by atoms with E-state index in [9.17, 15) is 5.26 Å². The Kier molecular flexibility index (Phi) is 2.83. The van der Waals surface area contributed by atoms with Crippen LogP contribution in [0.1, 0.15) is 28.3 Å². The molecule has 0 spiro atoms. The Bertz CT molecular complexity index is 833. The maximum Gasteiger partial charge on any atom is 0.156 e. The fourth-order valence-electron chi connectivity index (χ4n) is 2.49. The van der Waals surface area contributed by atoms with E-state index in [2.05, 4.69) is 37.2 Å². The first-order chi connectivity index (χ1) is 9.60. The van der Waals surface area contributed by atoms with Gasteiger partial charge in [0, 0.05) is 17.0 Å². The lowest BCUT2D eigenvalue weighted by atomic mass is 10.1. The summed E-state index contributed by atoms with van der Waals surface area (Å²) in [6, 6.07) is 10.2. The van der Waals surface area contributed by atoms with Gasteiger partial charge in [0.2, 0.25) is 0 Å². The molecule has 3 aromatic rings. The van der Waals surface area contributed by atoms with Crippen LogP contribution in [0.4, 0.5) is 0 Å². The molecule has 4 heteroatoms. The highest BCUT2D eigenvalue weighted by molar-refractivity contribution is 5.86. The zero-order valence-corrected chi connectivity index (χ0v) is 11.8. The van der Waals surface area contributed by atoms with Crippen molar-refractivity contribution >= 4 is 10.9 Å². The molecule has 0 saturated carbocycles. The summed E-state index contributed by atoms with van der Waals surface area (Å²) < 4.78 is 7.23. The molecule has 0 saturated heterocycles. The van der Waals surface area contributed by atoms with E-state index in [0.29, 0.717) is 12.2 Å². The van der Waals surface area contributed by atoms with Gasteiger partial charge in [0.15, 0.2) is 5.76 Å². The molecule has 0 aliphatic heterocycles. The Morgan fingerprint density at radius 3 is 2.70 bits per heavy atom. The summed E-state index contributed by atoms with van der Waals surface area (Å²) in [5.74, 6) is 0.759. The molecule has 0 aliphatic carbocycles. The monoisotopic (exact) mass is 265 g/mol. The molecule has 0 atom stereocenters. The van der Waals surface area contributed by atoms with Crippen LogP contribution in [0.5, 0.6) is 0 Å². The fourth-order valence-corrected chi connectivity index (χ4v) is 2.49. The number of aromatic nitrogens is 2. The van der Waals surface area contributed by atoms with E-state index in [1.807, 2.05) is 23.6 Å². The standard InChI is InChI=1S/C16H15N3O/c1-10-4-5-16-15(12(10)3)7-13(8-17)19(16)9-14-6-11(2)18-20-14/h4-7H,9H2,1-3H3. The minimum absolute atomic E-state index is 0.524. The average Bonchev–Trinajstić information content (AvgIpc) is 2.99. The molecule has 2 aromatic heterocycles. The molecule has 100 valence electrons. The SMILES string of the molecule is Cc1cc(Cn2c(C#N)cc3c(C)c(C)ccc32)on1. The molecule has 0 fully saturated rings. The first-order valence-corrected chi connectivity index (χ1v) is 6.52. The Morgan fingerprint density at radius 1 is 1.25 bits per heavy atom. The second-order valence-electron chi connectivity index (χ2n) is 5.10. The summed E-state index contributed by atoms with van der Waals surface area (Å²) in [7, 11) is 0. The third kappa shape index (κ3) is 1.88. The van der Waals surface area contributed by atoms with Crippen molar-refractivity contribution in [3.63, 3.8) is 0 Å². The molecular weight excluding hydrogens is 250 g/mol. The van der Waals surface area contributed by atoms with Gasteiger partial charge in [-0.25, -0.2) is 0 Å². The van der Waals surface area contributed by atoms with Crippen molar-refractivity contribution in [2.45, 2.75) is 27.3 Å². The predicted molar refractivity (Wildman–Crippen MR) is 76.5 cm³/mol. The molecule has 2 heterocycles. The van der Waals surface area contributed by atoms with Crippen molar-refractivity contribution in [1.82, 2.24) is 9.72 Å². The topological polar surface area (TPSA) is 54.8 Å². The highest BCUT2D eigenvalue weighted by Gasteiger charge is 2.13. The first kappa shape index (κ1) is 12.5. The van der Waals surface area contributed by atoms with Gasteiger partial charge < -0.3 is 9.09 Å². The van der Waals surface area contributed by atoms with E-state index < -0.39 is 0 Å². The lowest BCUT2D eigenvalue weighted by Gasteiger charge is -2.06. The number of hydrogen-bond donors (Lipinski definition) is 0. The number of hydrogen-bond acceptors (Lipinski definition) is 3. The number of benzene rings is 1. The number of rotatable bonds is 2. The molecule has 0 unspecified atom stereocenters. The van der Waals surface area contributed by atoms with E-state index in [4.69, 9.17) is 4.52 Å². The highest BCUT2D eigenvalue weighted by atomic mass is 16.5. The largest absolute Gasteiger partial charge is 0.359 e. The lowest BCUT2D eigenvalue weighted by molar-refractivity contribution is 0.374. The minimum atomic E-state index is 0.524. The number of nitriles is 1. The number of fused-ring (bicyclic) bond motifs is 1.